The van der Waals surface area contributed by atoms with Crippen LogP contribution in [-0.4, -0.2) is 65.8 Å². The maximum atomic E-state index is 12.3. The predicted octanol–water partition coefficient (Wildman–Crippen LogP) is 2.02. The highest BCUT2D eigenvalue weighted by Gasteiger charge is 2.51. The summed E-state index contributed by atoms with van der Waals surface area (Å²) in [4.78, 5) is 28.3. The summed E-state index contributed by atoms with van der Waals surface area (Å²) in [5.74, 6) is -0.105. The van der Waals surface area contributed by atoms with E-state index in [1.54, 1.807) is 4.90 Å². The van der Waals surface area contributed by atoms with Crippen molar-refractivity contribution >= 4 is 12.1 Å². The van der Waals surface area contributed by atoms with Crippen molar-refractivity contribution in [2.45, 2.75) is 58.1 Å². The van der Waals surface area contributed by atoms with E-state index in [9.17, 15) is 9.59 Å². The molecule has 0 aromatic rings. The minimum atomic E-state index is -0.478. The molecule has 0 spiro atoms. The molecular formula is C16H28N2O4. The molecule has 1 saturated heterocycles. The van der Waals surface area contributed by atoms with Crippen LogP contribution in [0, 0.1) is 0 Å². The SMILES string of the molecule is CCOC(=O)C1(N2CCN(C(=O)OC(C)(C)C)CC2)CCC1. The highest BCUT2D eigenvalue weighted by molar-refractivity contribution is 5.82. The Labute approximate surface area is 132 Å². The molecule has 6 heteroatoms. The van der Waals surface area contributed by atoms with E-state index >= 15 is 0 Å². The standard InChI is InChI=1S/C16H28N2O4/c1-5-21-13(19)16(7-6-8-16)18-11-9-17(10-12-18)14(20)22-15(2,3)4/h5-12H2,1-4H3. The molecule has 0 bridgehead atoms. The maximum Gasteiger partial charge on any atom is 0.410 e. The molecule has 1 amide bonds. The first-order valence-electron chi connectivity index (χ1n) is 8.19. The summed E-state index contributed by atoms with van der Waals surface area (Å²) in [6.07, 6.45) is 2.51. The molecule has 0 aromatic carbocycles. The minimum absolute atomic E-state index is 0.105. The van der Waals surface area contributed by atoms with Gasteiger partial charge in [0.25, 0.3) is 0 Å². The first kappa shape index (κ1) is 17.1. The Morgan fingerprint density at radius 2 is 1.68 bits per heavy atom. The summed E-state index contributed by atoms with van der Waals surface area (Å²) in [7, 11) is 0. The first-order valence-corrected chi connectivity index (χ1v) is 8.19. The van der Waals surface area contributed by atoms with Gasteiger partial charge in [-0.15, -0.1) is 0 Å². The van der Waals surface area contributed by atoms with E-state index < -0.39 is 11.1 Å². The summed E-state index contributed by atoms with van der Waals surface area (Å²) in [5.41, 5.74) is -0.926. The molecule has 22 heavy (non-hydrogen) atoms. The van der Waals surface area contributed by atoms with Crippen LogP contribution in [0.5, 0.6) is 0 Å². The molecule has 2 fully saturated rings. The van der Waals surface area contributed by atoms with Crippen molar-refractivity contribution < 1.29 is 19.1 Å². The smallest absolute Gasteiger partial charge is 0.410 e. The van der Waals surface area contributed by atoms with Crippen molar-refractivity contribution in [3.8, 4) is 0 Å². The number of nitrogens with zero attached hydrogens (tertiary/aromatic N) is 2. The van der Waals surface area contributed by atoms with Crippen molar-refractivity contribution in [2.75, 3.05) is 32.8 Å². The lowest BCUT2D eigenvalue weighted by molar-refractivity contribution is -0.166. The Balaban J connectivity index is 1.91. The third kappa shape index (κ3) is 3.54. The molecular weight excluding hydrogens is 284 g/mol. The zero-order valence-electron chi connectivity index (χ0n) is 14.2. The van der Waals surface area contributed by atoms with Gasteiger partial charge in [0.05, 0.1) is 6.61 Å². The highest BCUT2D eigenvalue weighted by Crippen LogP contribution is 2.39. The van der Waals surface area contributed by atoms with Gasteiger partial charge in [-0.05, 0) is 47.0 Å². The van der Waals surface area contributed by atoms with Gasteiger partial charge < -0.3 is 14.4 Å². The summed E-state index contributed by atoms with van der Waals surface area (Å²) in [6, 6.07) is 0. The van der Waals surface area contributed by atoms with Gasteiger partial charge in [0.2, 0.25) is 0 Å². The average molecular weight is 312 g/mol. The molecule has 0 aromatic heterocycles. The topological polar surface area (TPSA) is 59.1 Å². The summed E-state index contributed by atoms with van der Waals surface area (Å²) >= 11 is 0. The highest BCUT2D eigenvalue weighted by atomic mass is 16.6. The van der Waals surface area contributed by atoms with E-state index in [-0.39, 0.29) is 12.1 Å². The normalized spacial score (nSPS) is 21.9. The number of carbonyl (C=O) groups excluding carboxylic acids is 2. The monoisotopic (exact) mass is 312 g/mol. The number of hydrogen-bond donors (Lipinski definition) is 0. The van der Waals surface area contributed by atoms with Gasteiger partial charge in [0.15, 0.2) is 0 Å². The fraction of sp³-hybridized carbons (Fsp3) is 0.875. The number of ether oxygens (including phenoxy) is 2. The van der Waals surface area contributed by atoms with Crippen LogP contribution in [0.4, 0.5) is 4.79 Å². The third-order valence-electron chi connectivity index (χ3n) is 4.37. The van der Waals surface area contributed by atoms with Crippen LogP contribution in [0.2, 0.25) is 0 Å². The second-order valence-corrected chi connectivity index (χ2v) is 7.06. The predicted molar refractivity (Wildman–Crippen MR) is 82.6 cm³/mol. The van der Waals surface area contributed by atoms with Crippen molar-refractivity contribution in [2.24, 2.45) is 0 Å². The Morgan fingerprint density at radius 1 is 1.09 bits per heavy atom. The number of amides is 1. The summed E-state index contributed by atoms with van der Waals surface area (Å²) in [6.45, 7) is 10.4. The van der Waals surface area contributed by atoms with Gasteiger partial charge in [0, 0.05) is 26.2 Å². The van der Waals surface area contributed by atoms with Gasteiger partial charge in [-0.2, -0.15) is 0 Å². The van der Waals surface area contributed by atoms with Crippen LogP contribution in [0.3, 0.4) is 0 Å². The Bertz CT molecular complexity index is 418. The van der Waals surface area contributed by atoms with E-state index in [1.165, 1.54) is 0 Å². The van der Waals surface area contributed by atoms with E-state index in [0.717, 1.165) is 19.3 Å². The third-order valence-corrected chi connectivity index (χ3v) is 4.37. The van der Waals surface area contributed by atoms with Gasteiger partial charge in [0.1, 0.15) is 11.1 Å². The summed E-state index contributed by atoms with van der Waals surface area (Å²) < 4.78 is 10.7. The molecule has 2 rings (SSSR count). The van der Waals surface area contributed by atoms with Crippen LogP contribution in [-0.2, 0) is 14.3 Å². The molecule has 126 valence electrons. The molecule has 1 heterocycles. The average Bonchev–Trinajstić information content (AvgIpc) is 2.36. The summed E-state index contributed by atoms with van der Waals surface area (Å²) in [5, 5.41) is 0. The Morgan fingerprint density at radius 3 is 2.09 bits per heavy atom. The molecule has 6 nitrogen and oxygen atoms in total. The van der Waals surface area contributed by atoms with Gasteiger partial charge in [-0.25, -0.2) is 4.79 Å². The van der Waals surface area contributed by atoms with Crippen LogP contribution >= 0.6 is 0 Å². The fourth-order valence-corrected chi connectivity index (χ4v) is 3.07. The number of esters is 1. The first-order chi connectivity index (χ1) is 10.3. The largest absolute Gasteiger partial charge is 0.465 e. The zero-order chi connectivity index (χ0) is 16.4. The molecule has 0 atom stereocenters. The van der Waals surface area contributed by atoms with Crippen LogP contribution in [0.25, 0.3) is 0 Å². The fourth-order valence-electron chi connectivity index (χ4n) is 3.07. The van der Waals surface area contributed by atoms with E-state index in [2.05, 4.69) is 4.90 Å². The van der Waals surface area contributed by atoms with E-state index in [4.69, 9.17) is 9.47 Å². The van der Waals surface area contributed by atoms with Crippen molar-refractivity contribution in [1.82, 2.24) is 9.80 Å². The van der Waals surface area contributed by atoms with Crippen molar-refractivity contribution in [3.05, 3.63) is 0 Å². The molecule has 1 saturated carbocycles. The van der Waals surface area contributed by atoms with Crippen LogP contribution in [0.1, 0.15) is 47.0 Å². The molecule has 2 aliphatic rings. The van der Waals surface area contributed by atoms with Gasteiger partial charge in [-0.1, -0.05) is 0 Å². The molecule has 1 aliphatic heterocycles. The lowest BCUT2D eigenvalue weighted by Gasteiger charge is -2.50. The number of rotatable bonds is 3. The minimum Gasteiger partial charge on any atom is -0.465 e. The Hall–Kier alpha value is -1.30. The second kappa shape index (κ2) is 6.44. The number of carbonyl (C=O) groups is 2. The Kier molecular flexibility index (Phi) is 5.00. The number of hydrogen-bond acceptors (Lipinski definition) is 5. The lowest BCUT2D eigenvalue weighted by atomic mass is 9.75. The molecule has 0 unspecified atom stereocenters. The molecule has 0 N–H and O–H groups in total. The molecule has 1 aliphatic carbocycles. The number of piperazine rings is 1. The zero-order valence-corrected chi connectivity index (χ0v) is 14.2. The van der Waals surface area contributed by atoms with E-state index in [0.29, 0.717) is 32.8 Å². The van der Waals surface area contributed by atoms with Crippen molar-refractivity contribution in [3.63, 3.8) is 0 Å². The van der Waals surface area contributed by atoms with Crippen LogP contribution in [0.15, 0.2) is 0 Å². The lowest BCUT2D eigenvalue weighted by Crippen LogP contribution is -2.65. The quantitative estimate of drug-likeness (QED) is 0.746. The van der Waals surface area contributed by atoms with Gasteiger partial charge in [-0.3, -0.25) is 9.69 Å². The maximum absolute atomic E-state index is 12.3. The second-order valence-electron chi connectivity index (χ2n) is 7.06. The molecule has 0 radical (unpaired) electrons. The van der Waals surface area contributed by atoms with Crippen molar-refractivity contribution in [1.29, 1.82) is 0 Å². The van der Waals surface area contributed by atoms with Gasteiger partial charge >= 0.3 is 12.1 Å². The van der Waals surface area contributed by atoms with Crippen LogP contribution < -0.4 is 0 Å². The van der Waals surface area contributed by atoms with E-state index in [1.807, 2.05) is 27.7 Å².